The van der Waals surface area contributed by atoms with Crippen molar-refractivity contribution in [3.05, 3.63) is 0 Å². The van der Waals surface area contributed by atoms with Crippen molar-refractivity contribution in [1.82, 2.24) is 0 Å². The van der Waals surface area contributed by atoms with Crippen LogP contribution in [0.5, 0.6) is 0 Å². The van der Waals surface area contributed by atoms with Gasteiger partial charge >= 0.3 is 0 Å². The zero-order valence-corrected chi connectivity index (χ0v) is 12.3. The van der Waals surface area contributed by atoms with Gasteiger partial charge in [0.1, 0.15) is 0 Å². The Bertz CT molecular complexity index is 187. The van der Waals surface area contributed by atoms with Gasteiger partial charge in [0.25, 0.3) is 0 Å². The van der Waals surface area contributed by atoms with Gasteiger partial charge in [0, 0.05) is 18.7 Å². The van der Waals surface area contributed by atoms with Gasteiger partial charge in [0.15, 0.2) is 0 Å². The lowest BCUT2D eigenvalue weighted by Gasteiger charge is -2.00. The van der Waals surface area contributed by atoms with Gasteiger partial charge < -0.3 is 0 Å². The molecule has 0 radical (unpaired) electrons. The molecule has 0 aliphatic rings. The van der Waals surface area contributed by atoms with Crippen molar-refractivity contribution in [3.8, 4) is 11.8 Å². The third-order valence-corrected chi connectivity index (χ3v) is 3.23. The summed E-state index contributed by atoms with van der Waals surface area (Å²) in [5.74, 6) is 7.15. The highest BCUT2D eigenvalue weighted by Crippen LogP contribution is 2.10. The molecule has 0 heterocycles. The number of unbranched alkanes of at least 4 members (excludes halogenated alkanes) is 10. The number of hydrogen-bond donors (Lipinski definition) is 0. The van der Waals surface area contributed by atoms with Crippen LogP contribution in [0.25, 0.3) is 0 Å². The second-order valence-corrected chi connectivity index (χ2v) is 5.10. The van der Waals surface area contributed by atoms with Crippen LogP contribution in [0.15, 0.2) is 0 Å². The summed E-state index contributed by atoms with van der Waals surface area (Å²) in [6.45, 7) is 2.27. The molecule has 0 saturated heterocycles. The Morgan fingerprint density at radius 2 is 1.12 bits per heavy atom. The summed E-state index contributed by atoms with van der Waals surface area (Å²) in [5.41, 5.74) is 0. The summed E-state index contributed by atoms with van der Waals surface area (Å²) in [4.78, 5) is 0. The molecule has 17 heavy (non-hydrogen) atoms. The van der Waals surface area contributed by atoms with Crippen LogP contribution in [0, 0.1) is 11.8 Å². The normalized spacial score (nSPS) is 10.0. The lowest BCUT2D eigenvalue weighted by Crippen LogP contribution is -1.81. The SMILES string of the molecule is CCCCCCCCCCCC#CCCCCl. The predicted molar refractivity (Wildman–Crippen MR) is 79.6 cm³/mol. The van der Waals surface area contributed by atoms with E-state index in [4.69, 9.17) is 11.6 Å². The maximum Gasteiger partial charge on any atom is 0.0232 e. The molecule has 0 aromatic rings. The van der Waals surface area contributed by atoms with Gasteiger partial charge in [-0.15, -0.1) is 23.4 Å². The fraction of sp³-hybridized carbons (Fsp3) is 0.875. The van der Waals surface area contributed by atoms with E-state index in [0.717, 1.165) is 25.1 Å². The molecule has 0 rings (SSSR count). The average molecular weight is 257 g/mol. The van der Waals surface area contributed by atoms with Crippen LogP contribution < -0.4 is 0 Å². The first-order chi connectivity index (χ1) is 8.41. The molecule has 0 amide bonds. The van der Waals surface area contributed by atoms with Crippen LogP contribution in [0.3, 0.4) is 0 Å². The number of hydrogen-bond acceptors (Lipinski definition) is 0. The van der Waals surface area contributed by atoms with Crippen molar-refractivity contribution >= 4 is 11.6 Å². The van der Waals surface area contributed by atoms with E-state index in [0.29, 0.717) is 0 Å². The molecule has 1 heteroatoms. The first-order valence-electron chi connectivity index (χ1n) is 7.43. The molecule has 0 N–H and O–H groups in total. The van der Waals surface area contributed by atoms with E-state index in [2.05, 4.69) is 18.8 Å². The van der Waals surface area contributed by atoms with E-state index >= 15 is 0 Å². The van der Waals surface area contributed by atoms with Gasteiger partial charge in [-0.3, -0.25) is 0 Å². The van der Waals surface area contributed by atoms with Crippen LogP contribution in [-0.2, 0) is 0 Å². The zero-order chi connectivity index (χ0) is 12.6. The van der Waals surface area contributed by atoms with Gasteiger partial charge in [-0.05, 0) is 12.8 Å². The molecule has 0 aliphatic carbocycles. The standard InChI is InChI=1S/C16H29Cl/c1-2-3-4-5-6-7-8-9-10-11-12-13-14-15-16-17/h2-11,14-16H2,1H3. The van der Waals surface area contributed by atoms with Crippen molar-refractivity contribution < 1.29 is 0 Å². The minimum absolute atomic E-state index is 0.743. The Morgan fingerprint density at radius 3 is 1.65 bits per heavy atom. The quantitative estimate of drug-likeness (QED) is 0.244. The highest BCUT2D eigenvalue weighted by atomic mass is 35.5. The molecule has 0 aliphatic heterocycles. The Morgan fingerprint density at radius 1 is 0.647 bits per heavy atom. The van der Waals surface area contributed by atoms with Gasteiger partial charge in [-0.25, -0.2) is 0 Å². The Kier molecular flexibility index (Phi) is 15.7. The predicted octanol–water partition coefficient (Wildman–Crippen LogP) is 5.93. The maximum absolute atomic E-state index is 5.58. The summed E-state index contributed by atoms with van der Waals surface area (Å²) in [5, 5.41) is 0. The summed E-state index contributed by atoms with van der Waals surface area (Å²) in [6.07, 6.45) is 15.6. The van der Waals surface area contributed by atoms with Crippen molar-refractivity contribution in [2.45, 2.75) is 84.0 Å². The minimum Gasteiger partial charge on any atom is -0.127 e. The van der Waals surface area contributed by atoms with E-state index in [1.807, 2.05) is 0 Å². The summed E-state index contributed by atoms with van der Waals surface area (Å²) in [7, 11) is 0. The van der Waals surface area contributed by atoms with Gasteiger partial charge in [0.2, 0.25) is 0 Å². The van der Waals surface area contributed by atoms with Gasteiger partial charge in [-0.2, -0.15) is 0 Å². The zero-order valence-electron chi connectivity index (χ0n) is 11.6. The Balaban J connectivity index is 2.99. The summed E-state index contributed by atoms with van der Waals surface area (Å²) >= 11 is 5.58. The maximum atomic E-state index is 5.58. The second kappa shape index (κ2) is 15.9. The molecule has 0 aromatic carbocycles. The van der Waals surface area contributed by atoms with Crippen LogP contribution in [-0.4, -0.2) is 5.88 Å². The number of halogens is 1. The molecule has 0 atom stereocenters. The Hall–Kier alpha value is -0.150. The van der Waals surface area contributed by atoms with E-state index in [1.54, 1.807) is 0 Å². The van der Waals surface area contributed by atoms with Crippen molar-refractivity contribution in [1.29, 1.82) is 0 Å². The monoisotopic (exact) mass is 256 g/mol. The lowest BCUT2D eigenvalue weighted by molar-refractivity contribution is 0.567. The average Bonchev–Trinajstić information content (AvgIpc) is 2.35. The molecule has 0 fully saturated rings. The largest absolute Gasteiger partial charge is 0.127 e. The minimum atomic E-state index is 0.743. The van der Waals surface area contributed by atoms with Crippen LogP contribution in [0.4, 0.5) is 0 Å². The Labute approximate surface area is 114 Å². The van der Waals surface area contributed by atoms with Crippen LogP contribution in [0.1, 0.15) is 84.0 Å². The van der Waals surface area contributed by atoms with Crippen LogP contribution in [0.2, 0.25) is 0 Å². The molecule has 0 saturated carbocycles. The first-order valence-corrected chi connectivity index (χ1v) is 7.97. The summed E-state index contributed by atoms with van der Waals surface area (Å²) < 4.78 is 0. The lowest BCUT2D eigenvalue weighted by atomic mass is 10.1. The molecular weight excluding hydrogens is 228 g/mol. The van der Waals surface area contributed by atoms with Gasteiger partial charge in [-0.1, -0.05) is 58.3 Å². The molecule has 0 aromatic heterocycles. The topological polar surface area (TPSA) is 0 Å². The molecule has 100 valence electrons. The van der Waals surface area contributed by atoms with Crippen LogP contribution >= 0.6 is 11.6 Å². The molecule has 0 nitrogen and oxygen atoms in total. The molecule has 0 spiro atoms. The molecule has 0 bridgehead atoms. The fourth-order valence-electron chi connectivity index (χ4n) is 1.86. The highest BCUT2D eigenvalue weighted by Gasteiger charge is 1.90. The van der Waals surface area contributed by atoms with Crippen molar-refractivity contribution in [2.24, 2.45) is 0 Å². The van der Waals surface area contributed by atoms with Gasteiger partial charge in [0.05, 0.1) is 0 Å². The van der Waals surface area contributed by atoms with E-state index in [-0.39, 0.29) is 0 Å². The van der Waals surface area contributed by atoms with Crippen molar-refractivity contribution in [2.75, 3.05) is 5.88 Å². The molecular formula is C16H29Cl. The fourth-order valence-corrected chi connectivity index (χ4v) is 1.99. The second-order valence-electron chi connectivity index (χ2n) is 4.72. The third-order valence-electron chi connectivity index (χ3n) is 2.97. The van der Waals surface area contributed by atoms with E-state index < -0.39 is 0 Å². The van der Waals surface area contributed by atoms with Crippen molar-refractivity contribution in [3.63, 3.8) is 0 Å². The summed E-state index contributed by atoms with van der Waals surface area (Å²) in [6, 6.07) is 0. The third kappa shape index (κ3) is 15.9. The molecule has 0 unspecified atom stereocenters. The number of alkyl halides is 1. The highest BCUT2D eigenvalue weighted by molar-refractivity contribution is 6.17. The van der Waals surface area contributed by atoms with E-state index in [1.165, 1.54) is 57.8 Å². The smallest absolute Gasteiger partial charge is 0.0232 e. The van der Waals surface area contributed by atoms with E-state index in [9.17, 15) is 0 Å². The first kappa shape index (κ1) is 16.9. The number of rotatable bonds is 11.